The molecule has 1 rings (SSSR count). The monoisotopic (exact) mass is 259 g/mol. The Balaban J connectivity index is 3.08. The van der Waals surface area contributed by atoms with E-state index in [0.717, 1.165) is 5.57 Å². The Bertz CT molecular complexity index is 318. The van der Waals surface area contributed by atoms with Gasteiger partial charge in [0.25, 0.3) is 0 Å². The first-order valence-corrected chi connectivity index (χ1v) is 5.11. The zero-order valence-electron chi connectivity index (χ0n) is 8.50. The van der Waals surface area contributed by atoms with E-state index in [9.17, 15) is 4.79 Å². The highest BCUT2D eigenvalue weighted by Crippen LogP contribution is 2.38. The van der Waals surface area contributed by atoms with Crippen LogP contribution in [0.25, 0.3) is 0 Å². The third-order valence-corrected chi connectivity index (χ3v) is 3.37. The number of methoxy groups -OCH3 is 1. The van der Waals surface area contributed by atoms with Crippen molar-refractivity contribution in [1.82, 2.24) is 0 Å². The Labute approximate surface area is 92.1 Å². The van der Waals surface area contributed by atoms with Crippen LogP contribution < -0.4 is 5.73 Å². The fourth-order valence-electron chi connectivity index (χ4n) is 1.45. The molecule has 0 saturated heterocycles. The molecule has 0 radical (unpaired) electrons. The van der Waals surface area contributed by atoms with Gasteiger partial charge in [-0.1, -0.05) is 27.6 Å². The van der Waals surface area contributed by atoms with E-state index in [4.69, 9.17) is 10.5 Å². The molecule has 0 spiro atoms. The SMILES string of the molecule is COC(=O)C1C=C(C)C=C(N)C1(C)Br. The molecule has 1 aliphatic rings. The minimum atomic E-state index is -0.542. The number of rotatable bonds is 1. The summed E-state index contributed by atoms with van der Waals surface area (Å²) < 4.78 is 4.18. The van der Waals surface area contributed by atoms with Crippen molar-refractivity contribution < 1.29 is 9.53 Å². The summed E-state index contributed by atoms with van der Waals surface area (Å²) in [6, 6.07) is 0. The van der Waals surface area contributed by atoms with Crippen molar-refractivity contribution in [3.05, 3.63) is 23.4 Å². The number of carbonyl (C=O) groups is 1. The Morgan fingerprint density at radius 3 is 2.79 bits per heavy atom. The number of carbonyl (C=O) groups excluding carboxylic acids is 1. The predicted octanol–water partition coefficient (Wildman–Crippen LogP) is 1.73. The van der Waals surface area contributed by atoms with Gasteiger partial charge in [-0.2, -0.15) is 0 Å². The number of hydrogen-bond donors (Lipinski definition) is 1. The normalized spacial score (nSPS) is 31.9. The summed E-state index contributed by atoms with van der Waals surface area (Å²) in [5.41, 5.74) is 7.48. The lowest BCUT2D eigenvalue weighted by atomic mass is 9.85. The highest BCUT2D eigenvalue weighted by molar-refractivity contribution is 9.10. The summed E-state index contributed by atoms with van der Waals surface area (Å²) in [7, 11) is 1.38. The molecule has 0 aliphatic heterocycles. The Hall–Kier alpha value is -0.770. The number of esters is 1. The van der Waals surface area contributed by atoms with E-state index in [0.29, 0.717) is 5.70 Å². The standard InChI is InChI=1S/C10H14BrNO2/c1-6-4-7(9(13)14-3)10(2,11)8(12)5-6/h4-5,7H,12H2,1-3H3. The Kier molecular flexibility index (Phi) is 3.04. The molecule has 4 heteroatoms. The first kappa shape index (κ1) is 11.3. The second-order valence-corrected chi connectivity index (χ2v) is 5.23. The van der Waals surface area contributed by atoms with E-state index < -0.39 is 4.32 Å². The first-order valence-electron chi connectivity index (χ1n) is 4.32. The molecule has 1 aliphatic carbocycles. The average molecular weight is 260 g/mol. The minimum absolute atomic E-state index is 0.278. The van der Waals surface area contributed by atoms with Crippen molar-refractivity contribution in [3.63, 3.8) is 0 Å². The number of ether oxygens (including phenoxy) is 1. The van der Waals surface area contributed by atoms with E-state index in [1.165, 1.54) is 7.11 Å². The quantitative estimate of drug-likeness (QED) is 0.577. The van der Waals surface area contributed by atoms with E-state index >= 15 is 0 Å². The van der Waals surface area contributed by atoms with Crippen LogP contribution in [0.4, 0.5) is 0 Å². The maximum Gasteiger partial charge on any atom is 0.314 e. The maximum atomic E-state index is 11.5. The van der Waals surface area contributed by atoms with Crippen molar-refractivity contribution in [2.24, 2.45) is 11.7 Å². The molecule has 0 aromatic carbocycles. The van der Waals surface area contributed by atoms with Crippen LogP contribution in [0.1, 0.15) is 13.8 Å². The molecule has 0 aromatic heterocycles. The second kappa shape index (κ2) is 3.77. The van der Waals surface area contributed by atoms with Gasteiger partial charge in [0, 0.05) is 5.70 Å². The number of hydrogen-bond acceptors (Lipinski definition) is 3. The van der Waals surface area contributed by atoms with E-state index in [-0.39, 0.29) is 11.9 Å². The van der Waals surface area contributed by atoms with Gasteiger partial charge in [0.2, 0.25) is 0 Å². The van der Waals surface area contributed by atoms with Gasteiger partial charge in [0.1, 0.15) is 0 Å². The van der Waals surface area contributed by atoms with Crippen LogP contribution in [-0.4, -0.2) is 17.4 Å². The molecule has 0 fully saturated rings. The summed E-state index contributed by atoms with van der Waals surface area (Å²) in [5, 5.41) is 0. The highest BCUT2D eigenvalue weighted by Gasteiger charge is 2.40. The van der Waals surface area contributed by atoms with Gasteiger partial charge in [-0.15, -0.1) is 0 Å². The largest absolute Gasteiger partial charge is 0.469 e. The van der Waals surface area contributed by atoms with Crippen LogP contribution in [0.5, 0.6) is 0 Å². The average Bonchev–Trinajstić information content (AvgIpc) is 2.10. The van der Waals surface area contributed by atoms with E-state index in [1.807, 2.05) is 26.0 Å². The molecule has 0 aromatic rings. The summed E-state index contributed by atoms with van der Waals surface area (Å²) in [5.74, 6) is -0.641. The number of alkyl halides is 1. The molecule has 3 nitrogen and oxygen atoms in total. The minimum Gasteiger partial charge on any atom is -0.469 e. The fourth-order valence-corrected chi connectivity index (χ4v) is 1.88. The van der Waals surface area contributed by atoms with E-state index in [1.54, 1.807) is 0 Å². The van der Waals surface area contributed by atoms with Crippen LogP contribution in [0.3, 0.4) is 0 Å². The molecule has 2 N–H and O–H groups in total. The molecule has 14 heavy (non-hydrogen) atoms. The van der Waals surface area contributed by atoms with Crippen LogP contribution in [0, 0.1) is 5.92 Å². The van der Waals surface area contributed by atoms with E-state index in [2.05, 4.69) is 15.9 Å². The lowest BCUT2D eigenvalue weighted by Gasteiger charge is -2.32. The lowest BCUT2D eigenvalue weighted by Crippen LogP contribution is -2.40. The van der Waals surface area contributed by atoms with Gasteiger partial charge in [-0.25, -0.2) is 0 Å². The van der Waals surface area contributed by atoms with Crippen molar-refractivity contribution in [2.45, 2.75) is 18.2 Å². The topological polar surface area (TPSA) is 52.3 Å². The van der Waals surface area contributed by atoms with Crippen LogP contribution in [-0.2, 0) is 9.53 Å². The van der Waals surface area contributed by atoms with Crippen LogP contribution >= 0.6 is 15.9 Å². The molecule has 78 valence electrons. The molecule has 2 unspecified atom stereocenters. The molecule has 0 bridgehead atoms. The van der Waals surface area contributed by atoms with Gasteiger partial charge in [0.15, 0.2) is 0 Å². The molecular weight excluding hydrogens is 246 g/mol. The van der Waals surface area contributed by atoms with Crippen LogP contribution in [0.15, 0.2) is 23.4 Å². The summed E-state index contributed by atoms with van der Waals surface area (Å²) in [6.45, 7) is 3.77. The fraction of sp³-hybridized carbons (Fsp3) is 0.500. The van der Waals surface area contributed by atoms with Gasteiger partial charge < -0.3 is 10.5 Å². The molecule has 0 amide bonds. The first-order chi connectivity index (χ1) is 6.39. The van der Waals surface area contributed by atoms with Crippen LogP contribution in [0.2, 0.25) is 0 Å². The third-order valence-electron chi connectivity index (χ3n) is 2.42. The molecule has 2 atom stereocenters. The molecule has 0 heterocycles. The second-order valence-electron chi connectivity index (χ2n) is 3.59. The molecule has 0 saturated carbocycles. The van der Waals surface area contributed by atoms with Gasteiger partial charge in [-0.3, -0.25) is 4.79 Å². The zero-order chi connectivity index (χ0) is 10.9. The van der Waals surface area contributed by atoms with Gasteiger partial charge in [0.05, 0.1) is 17.4 Å². The maximum absolute atomic E-state index is 11.5. The van der Waals surface area contributed by atoms with Gasteiger partial charge >= 0.3 is 5.97 Å². The lowest BCUT2D eigenvalue weighted by molar-refractivity contribution is -0.144. The smallest absolute Gasteiger partial charge is 0.314 e. The molecular formula is C10H14BrNO2. The Morgan fingerprint density at radius 2 is 2.29 bits per heavy atom. The number of halogens is 1. The van der Waals surface area contributed by atoms with Gasteiger partial charge in [-0.05, 0) is 19.9 Å². The number of nitrogens with two attached hydrogens (primary N) is 1. The van der Waals surface area contributed by atoms with Crippen molar-refractivity contribution >= 4 is 21.9 Å². The van der Waals surface area contributed by atoms with Crippen molar-refractivity contribution in [2.75, 3.05) is 7.11 Å². The van der Waals surface area contributed by atoms with Crippen molar-refractivity contribution in [3.8, 4) is 0 Å². The highest BCUT2D eigenvalue weighted by atomic mass is 79.9. The summed E-state index contributed by atoms with van der Waals surface area (Å²) >= 11 is 3.45. The predicted molar refractivity (Wildman–Crippen MR) is 58.9 cm³/mol. The Morgan fingerprint density at radius 1 is 1.71 bits per heavy atom. The third kappa shape index (κ3) is 1.85. The zero-order valence-corrected chi connectivity index (χ0v) is 10.1. The number of allylic oxidation sites excluding steroid dienone is 3. The summed E-state index contributed by atoms with van der Waals surface area (Å²) in [6.07, 6.45) is 3.71. The summed E-state index contributed by atoms with van der Waals surface area (Å²) in [4.78, 5) is 11.5. The van der Waals surface area contributed by atoms with Crippen molar-refractivity contribution in [1.29, 1.82) is 0 Å².